The minimum absolute atomic E-state index is 0. The third-order valence-electron chi connectivity index (χ3n) is 10.3. The van der Waals surface area contributed by atoms with E-state index in [0.717, 1.165) is 0 Å². The van der Waals surface area contributed by atoms with Crippen LogP contribution >= 0.6 is 24.8 Å². The monoisotopic (exact) mass is 1130 g/mol. The average Bonchev–Trinajstić information content (AvgIpc) is 4.05. The van der Waals surface area contributed by atoms with Gasteiger partial charge in [-0.1, -0.05) is 48.5 Å². The molecule has 5 heterocycles. The molecule has 0 amide bonds. The number of allylic oxidation sites excluding steroid dienone is 12. The topological polar surface area (TPSA) is 267 Å². The van der Waals surface area contributed by atoms with Crippen LogP contribution < -0.4 is 0 Å². The van der Waals surface area contributed by atoms with Gasteiger partial charge >= 0.3 is 23.9 Å². The molecule has 8 bridgehead atoms. The minimum atomic E-state index is -4.68. The molecular formula is C44H32Cl2N4O12S4Sn. The number of aliphatic imine (C=N–C) groups is 4. The molecular weight excluding hydrogens is 1090 g/mol. The van der Waals surface area contributed by atoms with Crippen LogP contribution in [0.15, 0.2) is 208 Å². The number of hydrogen-bond acceptors (Lipinski definition) is 12. The molecule has 0 saturated heterocycles. The van der Waals surface area contributed by atoms with Gasteiger partial charge in [-0.2, -0.15) is 33.7 Å². The van der Waals surface area contributed by atoms with Gasteiger partial charge in [0.2, 0.25) is 0 Å². The van der Waals surface area contributed by atoms with Crippen molar-refractivity contribution in [3.8, 4) is 0 Å². The molecule has 5 aliphatic rings. The summed E-state index contributed by atoms with van der Waals surface area (Å²) in [5.74, 6) is 0. The fraction of sp³-hybridized carbons (Fsp3) is 0. The predicted octanol–water partition coefficient (Wildman–Crippen LogP) is 6.60. The molecule has 67 heavy (non-hydrogen) atoms. The summed E-state index contributed by atoms with van der Waals surface area (Å²) < 4.78 is 137. The molecule has 0 aliphatic carbocycles. The molecule has 342 valence electrons. The second-order valence-electron chi connectivity index (χ2n) is 14.4. The molecule has 0 spiro atoms. The number of fused-ring (bicyclic) bond motifs is 4. The summed E-state index contributed by atoms with van der Waals surface area (Å²) >= 11 is 0. The molecule has 0 unspecified atom stereocenters. The standard InChI is InChI=1S/C44H28N4O12S4.2ClH.Sn.2H/c49-61(50,51)34-13-1-25(2-14-34)38-23-33-22-31-10-9-29(45-31)21-30-11-12-32(46-30)24-39-40(26-3-15-35(16-4-26)62(52,53)54)41(27-5-17-36(18-6-27)63(55,56)57)44(48-39)42(43(38)47-33)28-7-19-37(20-8-28)64(58,59)60;;;;;/h1-24H,(H,49,50,51)(H,52,53,54)(H,55,56,57)(H,58,59,60);2*1H;;;. The maximum absolute atomic E-state index is 12.3. The van der Waals surface area contributed by atoms with Crippen molar-refractivity contribution < 1.29 is 51.9 Å². The summed E-state index contributed by atoms with van der Waals surface area (Å²) in [4.78, 5) is 18.1. The first-order chi connectivity index (χ1) is 30.2. The van der Waals surface area contributed by atoms with Gasteiger partial charge < -0.3 is 0 Å². The van der Waals surface area contributed by atoms with Gasteiger partial charge in [0.05, 0.1) is 65.2 Å². The van der Waals surface area contributed by atoms with Crippen LogP contribution in [0.2, 0.25) is 0 Å². The van der Waals surface area contributed by atoms with Crippen LogP contribution in [0, 0.1) is 0 Å². The van der Waals surface area contributed by atoms with E-state index in [1.165, 1.54) is 97.1 Å². The fourth-order valence-electron chi connectivity index (χ4n) is 7.39. The molecule has 9 rings (SSSR count). The second-order valence-corrected chi connectivity index (χ2v) is 20.1. The molecule has 0 aromatic heterocycles. The van der Waals surface area contributed by atoms with Crippen molar-refractivity contribution in [1.29, 1.82) is 0 Å². The van der Waals surface area contributed by atoms with Gasteiger partial charge in [0, 0.05) is 22.3 Å². The number of nitrogens with zero attached hydrogens (tertiary/aromatic N) is 4. The summed E-state index contributed by atoms with van der Waals surface area (Å²) in [6.07, 6.45) is 13.9. The van der Waals surface area contributed by atoms with Gasteiger partial charge in [0.25, 0.3) is 40.5 Å². The summed E-state index contributed by atoms with van der Waals surface area (Å²) in [7, 11) is -18.6. The van der Waals surface area contributed by atoms with E-state index in [2.05, 4.69) is 0 Å². The summed E-state index contributed by atoms with van der Waals surface area (Å²) in [5, 5.41) is 0. The van der Waals surface area contributed by atoms with Gasteiger partial charge in [0.15, 0.2) is 0 Å². The summed E-state index contributed by atoms with van der Waals surface area (Å²) in [5.41, 5.74) is 5.69. The Bertz CT molecular complexity index is 3650. The number of halogens is 2. The Hall–Kier alpha value is -5.50. The van der Waals surface area contributed by atoms with Gasteiger partial charge in [-0.25, -0.2) is 20.0 Å². The van der Waals surface area contributed by atoms with Crippen molar-refractivity contribution in [2.24, 2.45) is 20.0 Å². The number of benzene rings is 4. The SMILES string of the molecule is Cl.Cl.O=S(=O)(O)c1ccc(C2=CC3=CC4=NC(=CC5=NC(=CC6=NC(=C(c7ccc(S(=O)(=O)O)cc7)C2=N3)C(c2ccc(S(=O)(=O)O)cc2)=C6c2ccc(S(=O)(=O)O)cc2)C=C5)C=C4)cc1.[SnH2]. The maximum atomic E-state index is 12.3. The molecule has 23 heteroatoms. The first-order valence-corrected chi connectivity index (χ1v) is 24.3. The van der Waals surface area contributed by atoms with E-state index >= 15 is 0 Å². The molecule has 16 nitrogen and oxygen atoms in total. The third kappa shape index (κ3) is 10.5. The zero-order valence-electron chi connectivity index (χ0n) is 33.9. The van der Waals surface area contributed by atoms with Crippen molar-refractivity contribution in [1.82, 2.24) is 0 Å². The van der Waals surface area contributed by atoms with Crippen LogP contribution in [0.5, 0.6) is 0 Å². The van der Waals surface area contributed by atoms with Crippen LogP contribution in [-0.4, -0.2) is 98.6 Å². The first kappa shape index (κ1) is 50.9. The van der Waals surface area contributed by atoms with Gasteiger partial charge in [-0.05, 0) is 119 Å². The van der Waals surface area contributed by atoms with Gasteiger partial charge in [-0.15, -0.1) is 24.8 Å². The Balaban J connectivity index is 0.00000247. The Morgan fingerprint density at radius 2 is 0.716 bits per heavy atom. The normalized spacial score (nSPS) is 16.7. The van der Waals surface area contributed by atoms with Gasteiger partial charge in [0.1, 0.15) is 0 Å². The van der Waals surface area contributed by atoms with Crippen molar-refractivity contribution in [3.63, 3.8) is 0 Å². The van der Waals surface area contributed by atoms with E-state index in [4.69, 9.17) is 20.0 Å². The quantitative estimate of drug-likeness (QED) is 0.107. The Morgan fingerprint density at radius 1 is 0.358 bits per heavy atom. The first-order valence-electron chi connectivity index (χ1n) is 18.6. The molecule has 5 aliphatic heterocycles. The fourth-order valence-corrected chi connectivity index (χ4v) is 9.31. The molecule has 4 aromatic carbocycles. The molecule has 4 aromatic rings. The predicted molar refractivity (Wildman–Crippen MR) is 262 cm³/mol. The molecule has 0 atom stereocenters. The van der Waals surface area contributed by atoms with Crippen molar-refractivity contribution in [2.75, 3.05) is 0 Å². The van der Waals surface area contributed by atoms with Crippen molar-refractivity contribution >= 4 is 134 Å². The van der Waals surface area contributed by atoms with E-state index in [1.54, 1.807) is 48.6 Å². The summed E-state index contributed by atoms with van der Waals surface area (Å²) in [6, 6.07) is 20.9. The van der Waals surface area contributed by atoms with Gasteiger partial charge in [-0.3, -0.25) is 18.2 Å². The van der Waals surface area contributed by atoms with E-state index in [-0.39, 0.29) is 76.3 Å². The van der Waals surface area contributed by atoms with Crippen LogP contribution in [0.4, 0.5) is 0 Å². The van der Waals surface area contributed by atoms with Crippen LogP contribution in [0.1, 0.15) is 22.3 Å². The van der Waals surface area contributed by atoms with E-state index in [9.17, 15) is 51.9 Å². The Kier molecular flexibility index (Phi) is 14.3. The molecule has 2 radical (unpaired) electrons. The second kappa shape index (κ2) is 18.9. The third-order valence-corrected chi connectivity index (χ3v) is 13.7. The van der Waals surface area contributed by atoms with Crippen LogP contribution in [-0.2, 0) is 40.5 Å². The van der Waals surface area contributed by atoms with Crippen molar-refractivity contribution in [2.45, 2.75) is 19.6 Å². The molecule has 0 saturated carbocycles. The average molecular weight is 1130 g/mol. The van der Waals surface area contributed by atoms with Crippen molar-refractivity contribution in [3.05, 3.63) is 191 Å². The van der Waals surface area contributed by atoms with Crippen LogP contribution in [0.3, 0.4) is 0 Å². The zero-order valence-corrected chi connectivity index (χ0v) is 42.8. The molecule has 4 N–H and O–H groups in total. The summed E-state index contributed by atoms with van der Waals surface area (Å²) in [6.45, 7) is 0. The zero-order chi connectivity index (χ0) is 45.3. The van der Waals surface area contributed by atoms with Crippen LogP contribution in [0.25, 0.3) is 22.3 Å². The number of rotatable bonds is 8. The van der Waals surface area contributed by atoms with E-state index in [0.29, 0.717) is 67.5 Å². The van der Waals surface area contributed by atoms with E-state index in [1.807, 2.05) is 0 Å². The number of hydrogen-bond donors (Lipinski definition) is 4. The Morgan fingerprint density at radius 3 is 1.13 bits per heavy atom. The molecule has 0 fully saturated rings. The Labute approximate surface area is 413 Å². The van der Waals surface area contributed by atoms with E-state index < -0.39 is 55.2 Å².